The molecule has 0 heterocycles. The maximum Gasteiger partial charge on any atom is 0.412 e. The average Bonchev–Trinajstić information content (AvgIpc) is 2.42. The van der Waals surface area contributed by atoms with Gasteiger partial charge >= 0.3 is 6.09 Å². The van der Waals surface area contributed by atoms with Crippen LogP contribution in [0.4, 0.5) is 4.79 Å². The molecule has 1 aromatic carbocycles. The van der Waals surface area contributed by atoms with E-state index in [1.54, 1.807) is 0 Å². The lowest BCUT2D eigenvalue weighted by Gasteiger charge is -2.18. The Hall–Kier alpha value is -0.900. The van der Waals surface area contributed by atoms with Gasteiger partial charge in [0.15, 0.2) is 0 Å². The molecular weight excluding hydrogens is 333 g/mol. The van der Waals surface area contributed by atoms with E-state index in [4.69, 9.17) is 39.5 Å². The standard InChI is InChI=1S/C15H18Cl3NO2/c1-7-8(2)10(4)12(11(5)9(7)3)6-21-15(20)19-14(18)13(16)17/h6H2,1-5H3,(H,19,20). The van der Waals surface area contributed by atoms with Crippen molar-refractivity contribution < 1.29 is 9.53 Å². The summed E-state index contributed by atoms with van der Waals surface area (Å²) in [6.07, 6.45) is -0.700. The van der Waals surface area contributed by atoms with Crippen LogP contribution in [0.3, 0.4) is 0 Å². The second-order valence-electron chi connectivity index (χ2n) is 4.88. The Morgan fingerprint density at radius 1 is 0.905 bits per heavy atom. The predicted molar refractivity (Wildman–Crippen MR) is 88.0 cm³/mol. The molecular formula is C15H18Cl3NO2. The van der Waals surface area contributed by atoms with E-state index in [2.05, 4.69) is 26.1 Å². The van der Waals surface area contributed by atoms with E-state index in [1.165, 1.54) is 16.7 Å². The van der Waals surface area contributed by atoms with Crippen molar-refractivity contribution in [2.24, 2.45) is 0 Å². The zero-order chi connectivity index (χ0) is 16.3. The zero-order valence-electron chi connectivity index (χ0n) is 12.7. The van der Waals surface area contributed by atoms with Crippen LogP contribution in [0.2, 0.25) is 0 Å². The molecule has 0 fully saturated rings. The van der Waals surface area contributed by atoms with Crippen LogP contribution < -0.4 is 5.32 Å². The van der Waals surface area contributed by atoms with Crippen molar-refractivity contribution in [1.29, 1.82) is 0 Å². The van der Waals surface area contributed by atoms with Gasteiger partial charge in [-0.15, -0.1) is 0 Å². The van der Waals surface area contributed by atoms with E-state index in [0.717, 1.165) is 16.7 Å². The first-order valence-electron chi connectivity index (χ1n) is 6.37. The summed E-state index contributed by atoms with van der Waals surface area (Å²) in [5.41, 5.74) is 6.93. The molecule has 0 saturated carbocycles. The molecule has 1 amide bonds. The Kier molecular flexibility index (Phi) is 6.39. The fraction of sp³-hybridized carbons (Fsp3) is 0.400. The number of hydrogen-bond acceptors (Lipinski definition) is 2. The normalized spacial score (nSPS) is 10.3. The number of benzene rings is 1. The molecule has 1 rings (SSSR count). The van der Waals surface area contributed by atoms with Gasteiger partial charge in [0.25, 0.3) is 0 Å². The third kappa shape index (κ3) is 4.29. The van der Waals surface area contributed by atoms with Crippen LogP contribution in [0.5, 0.6) is 0 Å². The quantitative estimate of drug-likeness (QED) is 0.751. The van der Waals surface area contributed by atoms with Crippen LogP contribution in [0.15, 0.2) is 9.65 Å². The van der Waals surface area contributed by atoms with Gasteiger partial charge in [-0.05, 0) is 68.0 Å². The summed E-state index contributed by atoms with van der Waals surface area (Å²) in [4.78, 5) is 11.6. The van der Waals surface area contributed by atoms with Crippen molar-refractivity contribution in [2.45, 2.75) is 41.2 Å². The third-order valence-electron chi connectivity index (χ3n) is 3.88. The number of rotatable bonds is 3. The molecule has 116 valence electrons. The lowest BCUT2D eigenvalue weighted by molar-refractivity contribution is 0.142. The van der Waals surface area contributed by atoms with Crippen molar-refractivity contribution in [2.75, 3.05) is 0 Å². The molecule has 0 aromatic heterocycles. The minimum atomic E-state index is -0.700. The van der Waals surface area contributed by atoms with E-state index >= 15 is 0 Å². The largest absolute Gasteiger partial charge is 0.444 e. The number of nitrogens with one attached hydrogen (secondary N) is 1. The molecule has 1 N–H and O–H groups in total. The Labute approximate surface area is 140 Å². The van der Waals surface area contributed by atoms with E-state index in [9.17, 15) is 4.79 Å². The van der Waals surface area contributed by atoms with Crippen LogP contribution in [0.25, 0.3) is 0 Å². The summed E-state index contributed by atoms with van der Waals surface area (Å²) < 4.78 is 4.96. The van der Waals surface area contributed by atoms with Gasteiger partial charge in [-0.2, -0.15) is 0 Å². The van der Waals surface area contributed by atoms with E-state index in [-0.39, 0.29) is 16.3 Å². The lowest BCUT2D eigenvalue weighted by atomic mass is 9.90. The van der Waals surface area contributed by atoms with Gasteiger partial charge < -0.3 is 4.74 Å². The Morgan fingerprint density at radius 2 is 1.33 bits per heavy atom. The van der Waals surface area contributed by atoms with Gasteiger partial charge in [0.1, 0.15) is 16.3 Å². The average molecular weight is 351 g/mol. The maximum atomic E-state index is 11.6. The molecule has 0 unspecified atom stereocenters. The molecule has 6 heteroatoms. The van der Waals surface area contributed by atoms with Crippen molar-refractivity contribution in [3.8, 4) is 0 Å². The van der Waals surface area contributed by atoms with Gasteiger partial charge in [-0.1, -0.05) is 34.8 Å². The predicted octanol–water partition coefficient (Wildman–Crippen LogP) is 5.30. The van der Waals surface area contributed by atoms with Crippen LogP contribution in [0.1, 0.15) is 33.4 Å². The van der Waals surface area contributed by atoms with Gasteiger partial charge in [0, 0.05) is 0 Å². The van der Waals surface area contributed by atoms with E-state index in [1.807, 2.05) is 13.8 Å². The lowest BCUT2D eigenvalue weighted by Crippen LogP contribution is -2.22. The minimum absolute atomic E-state index is 0.159. The van der Waals surface area contributed by atoms with Gasteiger partial charge in [-0.25, -0.2) is 4.79 Å². The van der Waals surface area contributed by atoms with Crippen molar-refractivity contribution in [3.63, 3.8) is 0 Å². The summed E-state index contributed by atoms with van der Waals surface area (Å²) >= 11 is 16.5. The highest BCUT2D eigenvalue weighted by molar-refractivity contribution is 6.59. The van der Waals surface area contributed by atoms with Crippen LogP contribution >= 0.6 is 34.8 Å². The molecule has 0 aliphatic heterocycles. The zero-order valence-corrected chi connectivity index (χ0v) is 14.9. The van der Waals surface area contributed by atoms with Crippen molar-refractivity contribution in [3.05, 3.63) is 43.0 Å². The SMILES string of the molecule is Cc1c(C)c(C)c(COC(=O)NC(Cl)=C(Cl)Cl)c(C)c1C. The molecule has 0 aliphatic carbocycles. The highest BCUT2D eigenvalue weighted by Crippen LogP contribution is 2.26. The molecule has 0 aliphatic rings. The molecule has 0 bridgehead atoms. The highest BCUT2D eigenvalue weighted by atomic mass is 35.5. The summed E-state index contributed by atoms with van der Waals surface area (Å²) in [5.74, 6) is 0. The molecule has 1 aromatic rings. The Bertz CT molecular complexity index is 576. The van der Waals surface area contributed by atoms with Crippen molar-refractivity contribution >= 4 is 40.9 Å². The Morgan fingerprint density at radius 3 is 1.76 bits per heavy atom. The molecule has 21 heavy (non-hydrogen) atoms. The van der Waals surface area contributed by atoms with E-state index in [0.29, 0.717) is 0 Å². The number of alkyl carbamates (subject to hydrolysis) is 1. The first-order chi connectivity index (χ1) is 9.66. The minimum Gasteiger partial charge on any atom is -0.444 e. The van der Waals surface area contributed by atoms with Gasteiger partial charge in [0.05, 0.1) is 0 Å². The Balaban J connectivity index is 2.91. The second-order valence-corrected chi connectivity index (χ2v) is 6.21. The number of hydrogen-bond donors (Lipinski definition) is 1. The molecule has 3 nitrogen and oxygen atoms in total. The third-order valence-corrected chi connectivity index (χ3v) is 4.74. The van der Waals surface area contributed by atoms with Crippen molar-refractivity contribution in [1.82, 2.24) is 5.32 Å². The summed E-state index contributed by atoms with van der Waals surface area (Å²) in [6.45, 7) is 10.4. The fourth-order valence-electron chi connectivity index (χ4n) is 2.10. The first kappa shape index (κ1) is 18.1. The summed E-state index contributed by atoms with van der Waals surface area (Å²) in [6, 6.07) is 0. The highest BCUT2D eigenvalue weighted by Gasteiger charge is 2.14. The van der Waals surface area contributed by atoms with Crippen LogP contribution in [-0.4, -0.2) is 6.09 Å². The molecule has 0 spiro atoms. The number of ether oxygens (including phenoxy) is 1. The fourth-order valence-corrected chi connectivity index (χ4v) is 2.28. The molecule has 0 atom stereocenters. The number of halogens is 3. The molecule has 0 saturated heterocycles. The smallest absolute Gasteiger partial charge is 0.412 e. The number of carbonyl (C=O) groups is 1. The molecule has 0 radical (unpaired) electrons. The summed E-state index contributed by atoms with van der Waals surface area (Å²) in [7, 11) is 0. The topological polar surface area (TPSA) is 38.3 Å². The second kappa shape index (κ2) is 7.39. The van der Waals surface area contributed by atoms with Crippen LogP contribution in [0, 0.1) is 34.6 Å². The monoisotopic (exact) mass is 349 g/mol. The first-order valence-corrected chi connectivity index (χ1v) is 7.50. The summed E-state index contributed by atoms with van der Waals surface area (Å²) in [5, 5.41) is 2.09. The van der Waals surface area contributed by atoms with Crippen LogP contribution in [-0.2, 0) is 11.3 Å². The maximum absolute atomic E-state index is 11.6. The van der Waals surface area contributed by atoms with Gasteiger partial charge in [0.2, 0.25) is 0 Å². The van der Waals surface area contributed by atoms with E-state index < -0.39 is 6.09 Å². The number of carbonyl (C=O) groups excluding carboxylic acids is 1. The number of amides is 1. The van der Waals surface area contributed by atoms with Gasteiger partial charge in [-0.3, -0.25) is 5.32 Å².